The molecule has 88 valence electrons. The smallest absolute Gasteiger partial charge is 0.369 e. The Morgan fingerprint density at radius 2 is 1.67 bits per heavy atom. The van der Waals surface area contributed by atoms with E-state index in [1.807, 2.05) is 0 Å². The Balaban J connectivity index is 4.83. The second kappa shape index (κ2) is 4.11. The molecule has 0 aliphatic rings. The number of carboxylic acids is 1. The van der Waals surface area contributed by atoms with Gasteiger partial charge in [-0.25, -0.2) is 8.78 Å². The Kier molecular flexibility index (Phi) is 3.78. The van der Waals surface area contributed by atoms with Crippen LogP contribution in [0.25, 0.3) is 0 Å². The summed E-state index contributed by atoms with van der Waals surface area (Å²) in [6.07, 6.45) is -6.69. The fraction of sp³-hybridized carbons (Fsp3) is 0.571. The third kappa shape index (κ3) is 2.87. The molecule has 0 unspecified atom stereocenters. The number of carbonyl (C=O) groups is 1. The van der Waals surface area contributed by atoms with Crippen LogP contribution in [0.2, 0.25) is 0 Å². The van der Waals surface area contributed by atoms with Gasteiger partial charge >= 0.3 is 18.3 Å². The molecule has 0 fully saturated rings. The molecule has 0 saturated heterocycles. The fourth-order valence-electron chi connectivity index (χ4n) is 0.618. The van der Waals surface area contributed by atoms with Crippen molar-refractivity contribution < 1.29 is 36.2 Å². The largest absolute Gasteiger partial charge is 0.545 e. The third-order valence-corrected chi connectivity index (χ3v) is 1.49. The first-order valence-corrected chi connectivity index (χ1v) is 3.45. The van der Waals surface area contributed by atoms with Crippen molar-refractivity contribution in [1.29, 1.82) is 0 Å². The quantitative estimate of drug-likeness (QED) is 0.531. The van der Waals surface area contributed by atoms with Gasteiger partial charge < -0.3 is 9.90 Å². The summed E-state index contributed by atoms with van der Waals surface area (Å²) < 4.78 is 72.4. The van der Waals surface area contributed by atoms with Gasteiger partial charge in [0.1, 0.15) is 0 Å². The highest BCUT2D eigenvalue weighted by atomic mass is 19.3. The van der Waals surface area contributed by atoms with Gasteiger partial charge in [0, 0.05) is 6.42 Å². The topological polar surface area (TPSA) is 40.1 Å². The maximum Gasteiger partial charge on any atom is 0.369 e. The summed E-state index contributed by atoms with van der Waals surface area (Å²) in [5.41, 5.74) is -1.37. The van der Waals surface area contributed by atoms with Crippen LogP contribution in [0, 0.1) is 0 Å². The SMILES string of the molecule is C=C(CC(F)(F)C(F)(F)C(F)F)C(=O)[O-]. The van der Waals surface area contributed by atoms with Gasteiger partial charge in [-0.1, -0.05) is 6.58 Å². The molecule has 0 saturated carbocycles. The molecule has 0 aromatic carbocycles. The van der Waals surface area contributed by atoms with E-state index in [9.17, 15) is 36.2 Å². The molecule has 2 nitrogen and oxygen atoms in total. The highest BCUT2D eigenvalue weighted by Crippen LogP contribution is 2.42. The normalized spacial score (nSPS) is 13.0. The van der Waals surface area contributed by atoms with Crippen molar-refractivity contribution in [3.63, 3.8) is 0 Å². The highest BCUT2D eigenvalue weighted by Gasteiger charge is 2.62. The van der Waals surface area contributed by atoms with E-state index in [0.717, 1.165) is 0 Å². The minimum atomic E-state index is -5.61. The van der Waals surface area contributed by atoms with Gasteiger partial charge in [-0.15, -0.1) is 0 Å². The second-order valence-corrected chi connectivity index (χ2v) is 2.70. The molecule has 0 aromatic rings. The van der Waals surface area contributed by atoms with E-state index >= 15 is 0 Å². The van der Waals surface area contributed by atoms with E-state index in [2.05, 4.69) is 6.58 Å². The van der Waals surface area contributed by atoms with Gasteiger partial charge in [0.05, 0.1) is 5.97 Å². The molecular weight excluding hydrogens is 230 g/mol. The number of rotatable bonds is 5. The molecule has 0 atom stereocenters. The maximum atomic E-state index is 12.5. The standard InChI is InChI=1S/C7H6F6O2/c1-3(4(14)15)2-6(10,11)7(12,13)5(8)9/h5H,1-2H2,(H,14,15)/p-1. The van der Waals surface area contributed by atoms with E-state index in [4.69, 9.17) is 0 Å². The number of alkyl halides is 6. The maximum absolute atomic E-state index is 12.5. The molecule has 0 bridgehead atoms. The zero-order valence-corrected chi connectivity index (χ0v) is 7.08. The lowest BCUT2D eigenvalue weighted by atomic mass is 10.0. The van der Waals surface area contributed by atoms with Gasteiger partial charge in [0.2, 0.25) is 0 Å². The summed E-state index contributed by atoms with van der Waals surface area (Å²) in [5.74, 6) is -13.0. The number of carbonyl (C=O) groups excluding carboxylic acids is 1. The lowest BCUT2D eigenvalue weighted by Crippen LogP contribution is -2.47. The van der Waals surface area contributed by atoms with Crippen LogP contribution in [0.1, 0.15) is 6.42 Å². The van der Waals surface area contributed by atoms with Gasteiger partial charge in [-0.2, -0.15) is 17.6 Å². The van der Waals surface area contributed by atoms with Crippen LogP contribution in [0.4, 0.5) is 26.3 Å². The lowest BCUT2D eigenvalue weighted by Gasteiger charge is -2.26. The molecule has 0 spiro atoms. The predicted molar refractivity (Wildman–Crippen MR) is 34.7 cm³/mol. The predicted octanol–water partition coefficient (Wildman–Crippen LogP) is 1.22. The average Bonchev–Trinajstić information content (AvgIpc) is 2.02. The number of aliphatic carboxylic acids is 1. The Labute approximate surface area is 80.2 Å². The second-order valence-electron chi connectivity index (χ2n) is 2.70. The van der Waals surface area contributed by atoms with Gasteiger partial charge in [0.25, 0.3) is 0 Å². The first-order valence-electron chi connectivity index (χ1n) is 3.45. The molecule has 0 radical (unpaired) electrons. The van der Waals surface area contributed by atoms with Crippen molar-refractivity contribution >= 4 is 5.97 Å². The van der Waals surface area contributed by atoms with Crippen LogP contribution in [-0.4, -0.2) is 24.2 Å². The summed E-state index contributed by atoms with van der Waals surface area (Å²) in [4.78, 5) is 9.90. The van der Waals surface area contributed by atoms with E-state index in [-0.39, 0.29) is 0 Å². The van der Waals surface area contributed by atoms with Crippen LogP contribution >= 0.6 is 0 Å². The van der Waals surface area contributed by atoms with Crippen molar-refractivity contribution in [3.05, 3.63) is 12.2 Å². The Hall–Kier alpha value is -1.21. The molecule has 0 N–H and O–H groups in total. The Morgan fingerprint density at radius 1 is 1.27 bits per heavy atom. The highest BCUT2D eigenvalue weighted by molar-refractivity contribution is 5.83. The molecule has 0 aliphatic carbocycles. The molecule has 0 heterocycles. The summed E-state index contributed by atoms with van der Waals surface area (Å²) in [6.45, 7) is 2.49. The minimum absolute atomic E-state index is 1.37. The van der Waals surface area contributed by atoms with E-state index in [1.54, 1.807) is 0 Å². The summed E-state index contributed by atoms with van der Waals surface area (Å²) in [6, 6.07) is 0. The van der Waals surface area contributed by atoms with E-state index in [0.29, 0.717) is 0 Å². The van der Waals surface area contributed by atoms with Crippen LogP contribution in [0.5, 0.6) is 0 Å². The molecule has 0 rings (SSSR count). The van der Waals surface area contributed by atoms with Crippen LogP contribution in [0.3, 0.4) is 0 Å². The van der Waals surface area contributed by atoms with Crippen molar-refractivity contribution in [2.45, 2.75) is 24.7 Å². The zero-order chi connectivity index (χ0) is 12.4. The molecular formula is C7H5F6O2-. The molecule has 0 aromatic heterocycles. The zero-order valence-electron chi connectivity index (χ0n) is 7.08. The van der Waals surface area contributed by atoms with Gasteiger partial charge in [-0.05, 0) is 5.57 Å². The van der Waals surface area contributed by atoms with Crippen LogP contribution in [-0.2, 0) is 4.79 Å². The van der Waals surface area contributed by atoms with E-state index in [1.165, 1.54) is 0 Å². The van der Waals surface area contributed by atoms with Crippen LogP contribution < -0.4 is 5.11 Å². The van der Waals surface area contributed by atoms with Crippen LogP contribution in [0.15, 0.2) is 12.2 Å². The molecule has 0 aliphatic heterocycles. The summed E-state index contributed by atoms with van der Waals surface area (Å²) in [5, 5.41) is 9.90. The monoisotopic (exact) mass is 235 g/mol. The lowest BCUT2D eigenvalue weighted by molar-refractivity contribution is -0.302. The van der Waals surface area contributed by atoms with Gasteiger partial charge in [-0.3, -0.25) is 0 Å². The number of hydrogen-bond acceptors (Lipinski definition) is 2. The summed E-state index contributed by atoms with van der Waals surface area (Å²) in [7, 11) is 0. The summed E-state index contributed by atoms with van der Waals surface area (Å²) >= 11 is 0. The molecule has 15 heavy (non-hydrogen) atoms. The number of halogens is 6. The van der Waals surface area contributed by atoms with Gasteiger partial charge in [0.15, 0.2) is 0 Å². The number of carboxylic acid groups (broad SMARTS) is 1. The number of hydrogen-bond donors (Lipinski definition) is 0. The van der Waals surface area contributed by atoms with Crippen molar-refractivity contribution in [3.8, 4) is 0 Å². The molecule has 0 amide bonds. The fourth-order valence-corrected chi connectivity index (χ4v) is 0.618. The van der Waals surface area contributed by atoms with Crippen molar-refractivity contribution in [1.82, 2.24) is 0 Å². The third-order valence-electron chi connectivity index (χ3n) is 1.49. The Morgan fingerprint density at radius 3 is 1.93 bits per heavy atom. The first kappa shape index (κ1) is 13.8. The van der Waals surface area contributed by atoms with Crippen molar-refractivity contribution in [2.75, 3.05) is 0 Å². The van der Waals surface area contributed by atoms with Crippen molar-refractivity contribution in [2.24, 2.45) is 0 Å². The first-order chi connectivity index (χ1) is 6.52. The van der Waals surface area contributed by atoms with E-state index < -0.39 is 36.2 Å². The Bertz CT molecular complexity index is 273. The average molecular weight is 235 g/mol. The molecule has 8 heteroatoms. The minimum Gasteiger partial charge on any atom is -0.545 e.